The predicted octanol–water partition coefficient (Wildman–Crippen LogP) is 3.41. The number of furan rings is 1. The van der Waals surface area contributed by atoms with Gasteiger partial charge in [0.15, 0.2) is 5.76 Å². The van der Waals surface area contributed by atoms with Crippen molar-refractivity contribution in [3.8, 4) is 0 Å². The first-order valence-corrected chi connectivity index (χ1v) is 12.3. The van der Waals surface area contributed by atoms with E-state index in [2.05, 4.69) is 20.2 Å². The van der Waals surface area contributed by atoms with E-state index >= 15 is 0 Å². The molecule has 1 aromatic carbocycles. The van der Waals surface area contributed by atoms with E-state index in [1.165, 1.54) is 29.3 Å². The van der Waals surface area contributed by atoms with Gasteiger partial charge in [-0.3, -0.25) is 9.59 Å². The molecule has 2 fully saturated rings. The van der Waals surface area contributed by atoms with Gasteiger partial charge in [0.2, 0.25) is 0 Å². The van der Waals surface area contributed by atoms with Gasteiger partial charge in [-0.2, -0.15) is 5.10 Å². The highest BCUT2D eigenvalue weighted by Crippen LogP contribution is 2.20. The highest BCUT2D eigenvalue weighted by molar-refractivity contribution is 5.91. The van der Waals surface area contributed by atoms with Crippen molar-refractivity contribution in [1.82, 2.24) is 15.1 Å². The molecule has 2 aliphatic rings. The maximum atomic E-state index is 13.2. The fourth-order valence-electron chi connectivity index (χ4n) is 4.80. The van der Waals surface area contributed by atoms with Crippen LogP contribution in [-0.2, 0) is 6.54 Å². The highest BCUT2D eigenvalue weighted by Gasteiger charge is 2.21. The van der Waals surface area contributed by atoms with E-state index in [-0.39, 0.29) is 35.6 Å². The summed E-state index contributed by atoms with van der Waals surface area (Å²) in [6.07, 6.45) is 5.51. The molecule has 0 radical (unpaired) electrons. The quantitative estimate of drug-likeness (QED) is 0.583. The first kappa shape index (κ1) is 23.1. The topological polar surface area (TPSA) is 83.6 Å². The molecule has 8 nitrogen and oxygen atoms in total. The molecule has 184 valence electrons. The van der Waals surface area contributed by atoms with Crippen LogP contribution in [0.3, 0.4) is 0 Å². The van der Waals surface area contributed by atoms with Gasteiger partial charge in [0.25, 0.3) is 11.5 Å². The van der Waals surface area contributed by atoms with Gasteiger partial charge in [0, 0.05) is 44.0 Å². The first-order chi connectivity index (χ1) is 17.0. The number of nitrogens with one attached hydrogen (secondary N) is 1. The molecule has 3 heterocycles. The largest absolute Gasteiger partial charge is 0.454 e. The summed E-state index contributed by atoms with van der Waals surface area (Å²) >= 11 is 0. The number of hydrogen-bond donors (Lipinski definition) is 1. The molecule has 5 rings (SSSR count). The average molecular weight is 480 g/mol. The molecule has 1 saturated carbocycles. The van der Waals surface area contributed by atoms with Crippen molar-refractivity contribution >= 4 is 17.4 Å². The summed E-state index contributed by atoms with van der Waals surface area (Å²) in [6, 6.07) is 13.3. The van der Waals surface area contributed by atoms with Crippen molar-refractivity contribution in [3.63, 3.8) is 0 Å². The molecule has 9 heteroatoms. The Morgan fingerprint density at radius 1 is 0.943 bits per heavy atom. The zero-order valence-corrected chi connectivity index (χ0v) is 19.7. The third-order valence-corrected chi connectivity index (χ3v) is 6.78. The molecule has 35 heavy (non-hydrogen) atoms. The first-order valence-electron chi connectivity index (χ1n) is 12.3. The van der Waals surface area contributed by atoms with Gasteiger partial charge in [-0.15, -0.1) is 0 Å². The lowest BCUT2D eigenvalue weighted by molar-refractivity contribution is 0.0897. The Bertz CT molecular complexity index is 1210. The lowest BCUT2D eigenvalue weighted by atomic mass is 9.95. The zero-order valence-electron chi connectivity index (χ0n) is 19.7. The molecule has 0 unspecified atom stereocenters. The Morgan fingerprint density at radius 2 is 1.66 bits per heavy atom. The standard InChI is InChI=1S/C26H30FN5O3/c27-19-6-8-21(9-7-19)30-14-16-31(17-15-30)24-12-13-25(33)32(29-24)18-22-10-11-23(35-22)26(34)28-20-4-2-1-3-5-20/h6-13,20H,1-5,14-18H2,(H,28,34). The average Bonchev–Trinajstić information content (AvgIpc) is 3.35. The van der Waals surface area contributed by atoms with E-state index in [0.29, 0.717) is 11.6 Å². The maximum absolute atomic E-state index is 13.2. The van der Waals surface area contributed by atoms with Crippen LogP contribution in [-0.4, -0.2) is 47.9 Å². The Labute approximate surface area is 203 Å². The highest BCUT2D eigenvalue weighted by atomic mass is 19.1. The van der Waals surface area contributed by atoms with E-state index in [1.54, 1.807) is 30.3 Å². The fraction of sp³-hybridized carbons (Fsp3) is 0.423. The van der Waals surface area contributed by atoms with Crippen LogP contribution in [0.1, 0.15) is 48.4 Å². The molecule has 0 spiro atoms. The molecular weight excluding hydrogens is 449 g/mol. The molecule has 0 atom stereocenters. The molecule has 0 bridgehead atoms. The van der Waals surface area contributed by atoms with Gasteiger partial charge < -0.3 is 19.5 Å². The number of hydrogen-bond acceptors (Lipinski definition) is 6. The number of halogens is 1. The summed E-state index contributed by atoms with van der Waals surface area (Å²) in [7, 11) is 0. The number of carbonyl (C=O) groups is 1. The van der Waals surface area contributed by atoms with Gasteiger partial charge >= 0.3 is 0 Å². The molecule has 1 amide bonds. The second kappa shape index (κ2) is 10.3. The van der Waals surface area contributed by atoms with Crippen LogP contribution in [0.15, 0.2) is 57.7 Å². The Balaban J connectivity index is 1.21. The van der Waals surface area contributed by atoms with Crippen LogP contribution in [0.2, 0.25) is 0 Å². The lowest BCUT2D eigenvalue weighted by Crippen LogP contribution is -2.47. The van der Waals surface area contributed by atoms with Gasteiger partial charge in [-0.1, -0.05) is 19.3 Å². The van der Waals surface area contributed by atoms with Crippen LogP contribution in [0.25, 0.3) is 0 Å². The summed E-state index contributed by atoms with van der Waals surface area (Å²) in [5, 5.41) is 7.60. The van der Waals surface area contributed by atoms with Gasteiger partial charge in [-0.25, -0.2) is 9.07 Å². The van der Waals surface area contributed by atoms with Gasteiger partial charge in [0.05, 0.1) is 0 Å². The molecule has 1 aliphatic heterocycles. The van der Waals surface area contributed by atoms with Crippen LogP contribution in [0.4, 0.5) is 15.9 Å². The lowest BCUT2D eigenvalue weighted by Gasteiger charge is -2.36. The third-order valence-electron chi connectivity index (χ3n) is 6.78. The zero-order chi connectivity index (χ0) is 24.2. The third kappa shape index (κ3) is 5.55. The van der Waals surface area contributed by atoms with Crippen LogP contribution < -0.4 is 20.7 Å². The number of anilines is 2. The smallest absolute Gasteiger partial charge is 0.287 e. The maximum Gasteiger partial charge on any atom is 0.287 e. The number of rotatable bonds is 6. The summed E-state index contributed by atoms with van der Waals surface area (Å²) in [5.41, 5.74) is 0.758. The van der Waals surface area contributed by atoms with Gasteiger partial charge in [0.1, 0.15) is 23.9 Å². The summed E-state index contributed by atoms with van der Waals surface area (Å²) in [5.74, 6) is 1.02. The predicted molar refractivity (Wildman–Crippen MR) is 131 cm³/mol. The minimum atomic E-state index is -0.243. The van der Waals surface area contributed by atoms with Crippen LogP contribution >= 0.6 is 0 Å². The summed E-state index contributed by atoms with van der Waals surface area (Å²) in [6.45, 7) is 3.15. The molecule has 1 aliphatic carbocycles. The minimum Gasteiger partial charge on any atom is -0.454 e. The van der Waals surface area contributed by atoms with E-state index in [0.717, 1.165) is 57.5 Å². The molecule has 3 aromatic rings. The minimum absolute atomic E-state index is 0.152. The SMILES string of the molecule is O=C(NC1CCCCC1)c1ccc(Cn2nc(N3CCN(c4ccc(F)cc4)CC3)ccc2=O)o1. The normalized spacial score (nSPS) is 16.9. The van der Waals surface area contributed by atoms with Crippen molar-refractivity contribution in [2.75, 3.05) is 36.0 Å². The van der Waals surface area contributed by atoms with Crippen LogP contribution in [0.5, 0.6) is 0 Å². The van der Waals surface area contributed by atoms with Gasteiger partial charge in [-0.05, 0) is 55.3 Å². The Morgan fingerprint density at radius 3 is 2.40 bits per heavy atom. The number of piperazine rings is 1. The molecule has 1 N–H and O–H groups in total. The van der Waals surface area contributed by atoms with Crippen molar-refractivity contribution in [3.05, 3.63) is 76.2 Å². The van der Waals surface area contributed by atoms with Crippen molar-refractivity contribution in [2.45, 2.75) is 44.7 Å². The van der Waals surface area contributed by atoms with Crippen molar-refractivity contribution in [2.24, 2.45) is 0 Å². The number of amides is 1. The Hall–Kier alpha value is -3.62. The molecule has 2 aromatic heterocycles. The van der Waals surface area contributed by atoms with E-state index in [1.807, 2.05) is 0 Å². The number of carbonyl (C=O) groups excluding carboxylic acids is 1. The van der Waals surface area contributed by atoms with E-state index in [4.69, 9.17) is 4.42 Å². The fourth-order valence-corrected chi connectivity index (χ4v) is 4.80. The number of aromatic nitrogens is 2. The van der Waals surface area contributed by atoms with E-state index < -0.39 is 0 Å². The molecule has 1 saturated heterocycles. The van der Waals surface area contributed by atoms with Crippen molar-refractivity contribution < 1.29 is 13.6 Å². The summed E-state index contributed by atoms with van der Waals surface area (Å²) in [4.78, 5) is 29.3. The van der Waals surface area contributed by atoms with Crippen LogP contribution in [0, 0.1) is 5.82 Å². The second-order valence-corrected chi connectivity index (χ2v) is 9.21. The van der Waals surface area contributed by atoms with Crippen molar-refractivity contribution in [1.29, 1.82) is 0 Å². The van der Waals surface area contributed by atoms with E-state index in [9.17, 15) is 14.0 Å². The second-order valence-electron chi connectivity index (χ2n) is 9.21. The Kier molecular flexibility index (Phi) is 6.83. The number of nitrogens with zero attached hydrogens (tertiary/aromatic N) is 4. The summed E-state index contributed by atoms with van der Waals surface area (Å²) < 4.78 is 20.3. The monoisotopic (exact) mass is 479 g/mol. The molecular formula is C26H30FN5O3. The number of benzene rings is 1.